The van der Waals surface area contributed by atoms with E-state index < -0.39 is 5.60 Å². The first kappa shape index (κ1) is 18.6. The van der Waals surface area contributed by atoms with E-state index in [-0.39, 0.29) is 12.1 Å². The SMILES string of the molecule is CCN(CC)c1ccc([C@@H]2CCCCN2C(=O)OC(C)(C)C)cn1. The first-order chi connectivity index (χ1) is 11.4. The molecule has 0 aliphatic carbocycles. The van der Waals surface area contributed by atoms with E-state index >= 15 is 0 Å². The quantitative estimate of drug-likeness (QED) is 0.820. The van der Waals surface area contributed by atoms with Gasteiger partial charge < -0.3 is 14.5 Å². The molecule has 0 bridgehead atoms. The van der Waals surface area contributed by atoms with Crippen LogP contribution >= 0.6 is 0 Å². The molecule has 0 spiro atoms. The number of pyridine rings is 1. The molecule has 0 aromatic carbocycles. The maximum atomic E-state index is 12.5. The number of aromatic nitrogens is 1. The summed E-state index contributed by atoms with van der Waals surface area (Å²) in [6.07, 6.45) is 4.81. The molecule has 1 aromatic heterocycles. The van der Waals surface area contributed by atoms with E-state index in [9.17, 15) is 4.79 Å². The third-order valence-corrected chi connectivity index (χ3v) is 4.37. The van der Waals surface area contributed by atoms with Crippen LogP contribution in [0.5, 0.6) is 0 Å². The van der Waals surface area contributed by atoms with Crippen LogP contribution in [-0.2, 0) is 4.74 Å². The highest BCUT2D eigenvalue weighted by Gasteiger charge is 2.31. The number of anilines is 1. The predicted molar refractivity (Wildman–Crippen MR) is 97.3 cm³/mol. The summed E-state index contributed by atoms with van der Waals surface area (Å²) >= 11 is 0. The third-order valence-electron chi connectivity index (χ3n) is 4.37. The van der Waals surface area contributed by atoms with Crippen molar-refractivity contribution in [2.45, 2.75) is 65.5 Å². The van der Waals surface area contributed by atoms with Gasteiger partial charge in [-0.1, -0.05) is 6.07 Å². The number of rotatable bonds is 4. The molecule has 1 amide bonds. The van der Waals surface area contributed by atoms with E-state index in [1.807, 2.05) is 31.9 Å². The summed E-state index contributed by atoms with van der Waals surface area (Å²) in [6.45, 7) is 12.6. The van der Waals surface area contributed by atoms with Crippen molar-refractivity contribution in [3.63, 3.8) is 0 Å². The van der Waals surface area contributed by atoms with Gasteiger partial charge in [-0.05, 0) is 65.5 Å². The van der Waals surface area contributed by atoms with E-state index in [1.165, 1.54) is 0 Å². The predicted octanol–water partition coefficient (Wildman–Crippen LogP) is 4.39. The lowest BCUT2D eigenvalue weighted by molar-refractivity contribution is 0.00948. The van der Waals surface area contributed by atoms with E-state index in [1.54, 1.807) is 0 Å². The van der Waals surface area contributed by atoms with Gasteiger partial charge in [-0.15, -0.1) is 0 Å². The first-order valence-corrected chi connectivity index (χ1v) is 9.06. The van der Waals surface area contributed by atoms with Gasteiger partial charge in [-0.3, -0.25) is 0 Å². The molecular weight excluding hydrogens is 302 g/mol. The average molecular weight is 333 g/mol. The van der Waals surface area contributed by atoms with Gasteiger partial charge in [0, 0.05) is 25.8 Å². The Morgan fingerprint density at radius 2 is 2.00 bits per heavy atom. The van der Waals surface area contributed by atoms with Crippen LogP contribution < -0.4 is 4.90 Å². The number of ether oxygens (including phenoxy) is 1. The van der Waals surface area contributed by atoms with Gasteiger partial charge in [0.25, 0.3) is 0 Å². The minimum Gasteiger partial charge on any atom is -0.444 e. The number of nitrogens with zero attached hydrogens (tertiary/aromatic N) is 3. The molecule has 24 heavy (non-hydrogen) atoms. The van der Waals surface area contributed by atoms with Gasteiger partial charge in [0.05, 0.1) is 6.04 Å². The fourth-order valence-electron chi connectivity index (χ4n) is 3.15. The van der Waals surface area contributed by atoms with Crippen molar-refractivity contribution in [1.29, 1.82) is 0 Å². The highest BCUT2D eigenvalue weighted by atomic mass is 16.6. The van der Waals surface area contributed by atoms with Crippen molar-refractivity contribution in [3.05, 3.63) is 23.9 Å². The Labute approximate surface area is 146 Å². The van der Waals surface area contributed by atoms with Crippen molar-refractivity contribution in [2.75, 3.05) is 24.5 Å². The average Bonchev–Trinajstić information content (AvgIpc) is 2.55. The lowest BCUT2D eigenvalue weighted by Crippen LogP contribution is -2.41. The van der Waals surface area contributed by atoms with E-state index in [2.05, 4.69) is 35.9 Å². The van der Waals surface area contributed by atoms with Crippen molar-refractivity contribution < 1.29 is 9.53 Å². The number of hydrogen-bond acceptors (Lipinski definition) is 4. The summed E-state index contributed by atoms with van der Waals surface area (Å²) in [5.41, 5.74) is 0.626. The van der Waals surface area contributed by atoms with Crippen LogP contribution in [0, 0.1) is 0 Å². The van der Waals surface area contributed by atoms with Crippen LogP contribution in [0.25, 0.3) is 0 Å². The molecule has 5 nitrogen and oxygen atoms in total. The van der Waals surface area contributed by atoms with E-state index in [0.29, 0.717) is 0 Å². The van der Waals surface area contributed by atoms with Crippen molar-refractivity contribution in [1.82, 2.24) is 9.88 Å². The molecule has 0 unspecified atom stereocenters. The number of carbonyl (C=O) groups excluding carboxylic acids is 1. The zero-order valence-corrected chi connectivity index (χ0v) is 15.7. The molecule has 1 atom stereocenters. The van der Waals surface area contributed by atoms with Gasteiger partial charge in [-0.25, -0.2) is 9.78 Å². The van der Waals surface area contributed by atoms with Crippen molar-refractivity contribution in [2.24, 2.45) is 0 Å². The second-order valence-electron chi connectivity index (χ2n) is 7.31. The Hall–Kier alpha value is -1.78. The summed E-state index contributed by atoms with van der Waals surface area (Å²) in [4.78, 5) is 21.2. The summed E-state index contributed by atoms with van der Waals surface area (Å²) in [6, 6.07) is 4.23. The molecule has 1 fully saturated rings. The second-order valence-corrected chi connectivity index (χ2v) is 7.31. The minimum atomic E-state index is -0.468. The van der Waals surface area contributed by atoms with Crippen LogP contribution in [-0.4, -0.2) is 41.2 Å². The van der Waals surface area contributed by atoms with Gasteiger partial charge in [-0.2, -0.15) is 0 Å². The zero-order chi connectivity index (χ0) is 17.7. The maximum absolute atomic E-state index is 12.5. The highest BCUT2D eigenvalue weighted by molar-refractivity contribution is 5.69. The third kappa shape index (κ3) is 4.62. The molecular formula is C19H31N3O2. The zero-order valence-electron chi connectivity index (χ0n) is 15.7. The van der Waals surface area contributed by atoms with Crippen LogP contribution in [0.1, 0.15) is 65.5 Å². The van der Waals surface area contributed by atoms with E-state index in [4.69, 9.17) is 4.74 Å². The van der Waals surface area contributed by atoms with Crippen LogP contribution in [0.3, 0.4) is 0 Å². The molecule has 0 saturated carbocycles. The number of likely N-dealkylation sites (tertiary alicyclic amines) is 1. The summed E-state index contributed by atoms with van der Waals surface area (Å²) in [7, 11) is 0. The minimum absolute atomic E-state index is 0.0619. The van der Waals surface area contributed by atoms with Gasteiger partial charge >= 0.3 is 6.09 Å². The topological polar surface area (TPSA) is 45.7 Å². The standard InChI is InChI=1S/C19H31N3O2/c1-6-21(7-2)17-12-11-15(14-20-17)16-10-8-9-13-22(16)18(23)24-19(3,4)5/h11-12,14,16H,6-10,13H2,1-5H3/t16-/m0/s1. The summed E-state index contributed by atoms with van der Waals surface area (Å²) < 4.78 is 5.58. The second kappa shape index (κ2) is 7.86. The largest absolute Gasteiger partial charge is 0.444 e. The lowest BCUT2D eigenvalue weighted by Gasteiger charge is -2.37. The summed E-state index contributed by atoms with van der Waals surface area (Å²) in [5.74, 6) is 0.989. The molecule has 1 aliphatic heterocycles. The van der Waals surface area contributed by atoms with E-state index in [0.717, 1.165) is 50.3 Å². The summed E-state index contributed by atoms with van der Waals surface area (Å²) in [5, 5.41) is 0. The number of carbonyl (C=O) groups is 1. The molecule has 5 heteroatoms. The van der Waals surface area contributed by atoms with Crippen molar-refractivity contribution in [3.8, 4) is 0 Å². The fourth-order valence-corrected chi connectivity index (χ4v) is 3.15. The smallest absolute Gasteiger partial charge is 0.410 e. The maximum Gasteiger partial charge on any atom is 0.410 e. The molecule has 2 rings (SSSR count). The Morgan fingerprint density at radius 1 is 1.29 bits per heavy atom. The van der Waals surface area contributed by atoms with Crippen LogP contribution in [0.15, 0.2) is 18.3 Å². The van der Waals surface area contributed by atoms with Crippen LogP contribution in [0.2, 0.25) is 0 Å². The molecule has 134 valence electrons. The molecule has 0 radical (unpaired) electrons. The van der Waals surface area contributed by atoms with Crippen molar-refractivity contribution >= 4 is 11.9 Å². The van der Waals surface area contributed by atoms with Crippen LogP contribution in [0.4, 0.5) is 10.6 Å². The van der Waals surface area contributed by atoms with Gasteiger partial charge in [0.1, 0.15) is 11.4 Å². The first-order valence-electron chi connectivity index (χ1n) is 9.06. The Bertz CT molecular complexity index is 533. The normalized spacial score (nSPS) is 18.4. The number of amides is 1. The highest BCUT2D eigenvalue weighted by Crippen LogP contribution is 2.32. The lowest BCUT2D eigenvalue weighted by atomic mass is 9.97. The molecule has 2 heterocycles. The Balaban J connectivity index is 2.16. The molecule has 1 saturated heterocycles. The number of hydrogen-bond donors (Lipinski definition) is 0. The fraction of sp³-hybridized carbons (Fsp3) is 0.684. The Morgan fingerprint density at radius 3 is 2.54 bits per heavy atom. The van der Waals surface area contributed by atoms with Gasteiger partial charge in [0.2, 0.25) is 0 Å². The monoisotopic (exact) mass is 333 g/mol. The molecule has 1 aliphatic rings. The number of piperidine rings is 1. The Kier molecular flexibility index (Phi) is 6.08. The molecule has 0 N–H and O–H groups in total. The van der Waals surface area contributed by atoms with Gasteiger partial charge in [0.15, 0.2) is 0 Å². The molecule has 1 aromatic rings.